The first-order chi connectivity index (χ1) is 16.3. The molecule has 0 saturated heterocycles. The van der Waals surface area contributed by atoms with E-state index in [2.05, 4.69) is 15.5 Å². The van der Waals surface area contributed by atoms with Crippen LogP contribution in [0, 0.1) is 28.4 Å². The van der Waals surface area contributed by atoms with Gasteiger partial charge in [0.15, 0.2) is 6.61 Å². The molecule has 0 bridgehead atoms. The van der Waals surface area contributed by atoms with Gasteiger partial charge in [0.2, 0.25) is 5.88 Å². The topological polar surface area (TPSA) is 153 Å². The fraction of sp³-hybridized carbons (Fsp3) is 0.182. The number of nitriles is 1. The van der Waals surface area contributed by atoms with Crippen molar-refractivity contribution < 1.29 is 23.6 Å². The minimum Gasteiger partial charge on any atom is -0.467 e. The number of aromatic nitrogens is 1. The molecule has 0 aliphatic heterocycles. The summed E-state index contributed by atoms with van der Waals surface area (Å²) in [5, 5.41) is 24.3. The summed E-state index contributed by atoms with van der Waals surface area (Å²) in [6, 6.07) is 11.2. The van der Waals surface area contributed by atoms with Crippen LogP contribution < -0.4 is 10.2 Å². The molecular weight excluding hydrogens is 466 g/mol. The molecule has 0 fully saturated rings. The summed E-state index contributed by atoms with van der Waals surface area (Å²) < 4.78 is 16.1. The van der Waals surface area contributed by atoms with E-state index in [1.165, 1.54) is 25.5 Å². The van der Waals surface area contributed by atoms with E-state index in [0.717, 1.165) is 0 Å². The lowest BCUT2D eigenvalue weighted by atomic mass is 10.1. The number of nitrogens with one attached hydrogen (secondary N) is 1. The second-order valence-electron chi connectivity index (χ2n) is 6.85. The van der Waals surface area contributed by atoms with Crippen molar-refractivity contribution in [2.24, 2.45) is 5.10 Å². The Kier molecular flexibility index (Phi) is 7.92. The van der Waals surface area contributed by atoms with Gasteiger partial charge in [-0.2, -0.15) is 10.4 Å². The summed E-state index contributed by atoms with van der Waals surface area (Å²) in [7, 11) is 1.50. The van der Waals surface area contributed by atoms with Gasteiger partial charge in [0.05, 0.1) is 17.7 Å². The molecule has 34 heavy (non-hydrogen) atoms. The number of carbonyl (C=O) groups is 1. The molecule has 12 heteroatoms. The van der Waals surface area contributed by atoms with Gasteiger partial charge in [0.25, 0.3) is 11.6 Å². The van der Waals surface area contributed by atoms with Crippen molar-refractivity contribution in [3.05, 3.63) is 74.1 Å². The third-order valence-electron chi connectivity index (χ3n) is 4.38. The Morgan fingerprint density at radius 2 is 2.18 bits per heavy atom. The molecule has 3 aromatic rings. The molecule has 174 valence electrons. The normalized spacial score (nSPS) is 10.8. The maximum Gasteiger partial charge on any atom is 0.288 e. The Balaban J connectivity index is 1.61. The van der Waals surface area contributed by atoms with Crippen LogP contribution in [0.25, 0.3) is 11.3 Å². The first-order valence-corrected chi connectivity index (χ1v) is 10.1. The number of hydrogen-bond acceptors (Lipinski definition) is 9. The zero-order valence-corrected chi connectivity index (χ0v) is 18.8. The Morgan fingerprint density at radius 3 is 2.88 bits per heavy atom. The van der Waals surface area contributed by atoms with Gasteiger partial charge in [-0.3, -0.25) is 14.9 Å². The monoisotopic (exact) mass is 483 g/mol. The van der Waals surface area contributed by atoms with Gasteiger partial charge in [-0.25, -0.2) is 10.4 Å². The van der Waals surface area contributed by atoms with Gasteiger partial charge in [-0.1, -0.05) is 11.6 Å². The lowest BCUT2D eigenvalue weighted by Gasteiger charge is -2.10. The predicted octanol–water partition coefficient (Wildman–Crippen LogP) is 3.76. The maximum atomic E-state index is 12.1. The molecule has 0 aliphatic rings. The van der Waals surface area contributed by atoms with E-state index >= 15 is 0 Å². The summed E-state index contributed by atoms with van der Waals surface area (Å²) in [4.78, 5) is 26.7. The highest BCUT2D eigenvalue weighted by atomic mass is 35.5. The van der Waals surface area contributed by atoms with Crippen LogP contribution in [0.4, 0.5) is 5.69 Å². The largest absolute Gasteiger partial charge is 0.467 e. The number of methoxy groups -OCH3 is 1. The van der Waals surface area contributed by atoms with Crippen molar-refractivity contribution in [2.75, 3.05) is 13.7 Å². The standard InChI is InChI=1S/C22H18ClN5O6/c1-13-7-15(11-32-2)17(9-24)22(26-13)33-12-21(29)27-25-10-16-4-6-20(34-16)14-3-5-18(23)19(8-14)28(30)31/h3-8,10H,11-12H2,1-2H3,(H,27,29). The molecule has 0 aliphatic carbocycles. The van der Waals surface area contributed by atoms with E-state index in [1.54, 1.807) is 31.2 Å². The molecule has 0 spiro atoms. The van der Waals surface area contributed by atoms with Gasteiger partial charge in [0, 0.05) is 30.0 Å². The van der Waals surface area contributed by atoms with Crippen molar-refractivity contribution in [1.29, 1.82) is 5.26 Å². The maximum absolute atomic E-state index is 12.1. The first-order valence-electron chi connectivity index (χ1n) is 9.70. The summed E-state index contributed by atoms with van der Waals surface area (Å²) in [6.07, 6.45) is 1.26. The quantitative estimate of drug-likeness (QED) is 0.274. The van der Waals surface area contributed by atoms with Gasteiger partial charge >= 0.3 is 0 Å². The number of nitrogens with zero attached hydrogens (tertiary/aromatic N) is 4. The molecule has 0 saturated carbocycles. The van der Waals surface area contributed by atoms with Crippen LogP contribution in [0.1, 0.15) is 22.6 Å². The van der Waals surface area contributed by atoms with E-state index < -0.39 is 17.4 Å². The summed E-state index contributed by atoms with van der Waals surface area (Å²) in [6.45, 7) is 1.51. The fourth-order valence-electron chi connectivity index (χ4n) is 2.92. The average Bonchev–Trinajstić information content (AvgIpc) is 3.26. The molecule has 0 radical (unpaired) electrons. The number of pyridine rings is 1. The zero-order valence-electron chi connectivity index (χ0n) is 18.1. The number of aryl methyl sites for hydroxylation is 1. The van der Waals surface area contributed by atoms with Crippen molar-refractivity contribution in [3.8, 4) is 23.3 Å². The van der Waals surface area contributed by atoms with Crippen LogP contribution in [0.3, 0.4) is 0 Å². The van der Waals surface area contributed by atoms with E-state index in [9.17, 15) is 20.2 Å². The predicted molar refractivity (Wildman–Crippen MR) is 121 cm³/mol. The second-order valence-corrected chi connectivity index (χ2v) is 7.26. The van der Waals surface area contributed by atoms with E-state index in [0.29, 0.717) is 28.3 Å². The number of amides is 1. The number of hydrazone groups is 1. The highest BCUT2D eigenvalue weighted by molar-refractivity contribution is 6.32. The van der Waals surface area contributed by atoms with Crippen LogP contribution in [0.2, 0.25) is 5.02 Å². The van der Waals surface area contributed by atoms with Crippen LogP contribution in [0.5, 0.6) is 5.88 Å². The van der Waals surface area contributed by atoms with Crippen LogP contribution in [-0.2, 0) is 16.1 Å². The molecule has 2 heterocycles. The number of furan rings is 1. The van der Waals surface area contributed by atoms with E-state index in [1.807, 2.05) is 6.07 Å². The lowest BCUT2D eigenvalue weighted by Crippen LogP contribution is -2.25. The van der Waals surface area contributed by atoms with Gasteiger partial charge in [-0.05, 0) is 37.3 Å². The second kappa shape index (κ2) is 11.0. The third-order valence-corrected chi connectivity index (χ3v) is 4.70. The molecule has 0 atom stereocenters. The molecule has 11 nitrogen and oxygen atoms in total. The Bertz CT molecular complexity index is 1300. The first kappa shape index (κ1) is 24.4. The molecule has 0 unspecified atom stereocenters. The van der Waals surface area contributed by atoms with Crippen molar-refractivity contribution in [2.45, 2.75) is 13.5 Å². The summed E-state index contributed by atoms with van der Waals surface area (Å²) in [5.41, 5.74) is 3.90. The SMILES string of the molecule is COCc1cc(C)nc(OCC(=O)NN=Cc2ccc(-c3ccc(Cl)c([N+](=O)[O-])c3)o2)c1C#N. The number of carbonyl (C=O) groups excluding carboxylic acids is 1. The minimum atomic E-state index is -0.586. The molecule has 1 aromatic carbocycles. The third kappa shape index (κ3) is 5.94. The number of halogens is 1. The molecule has 3 rings (SSSR count). The molecular formula is C22H18ClN5O6. The number of nitro benzene ring substituents is 1. The number of ether oxygens (including phenoxy) is 2. The lowest BCUT2D eigenvalue weighted by molar-refractivity contribution is -0.384. The Labute approximate surface area is 198 Å². The van der Waals surface area contributed by atoms with E-state index in [-0.39, 0.29) is 28.8 Å². The van der Waals surface area contributed by atoms with Crippen molar-refractivity contribution in [3.63, 3.8) is 0 Å². The summed E-state index contributed by atoms with van der Waals surface area (Å²) in [5.74, 6) is 0.0979. The molecule has 2 aromatic heterocycles. The number of hydrogen-bond donors (Lipinski definition) is 1. The summed E-state index contributed by atoms with van der Waals surface area (Å²) >= 11 is 5.82. The average molecular weight is 484 g/mol. The number of benzene rings is 1. The number of rotatable bonds is 9. The van der Waals surface area contributed by atoms with Crippen molar-refractivity contribution in [1.82, 2.24) is 10.4 Å². The fourth-order valence-corrected chi connectivity index (χ4v) is 3.11. The van der Waals surface area contributed by atoms with Crippen molar-refractivity contribution >= 4 is 29.4 Å². The zero-order chi connectivity index (χ0) is 24.7. The smallest absolute Gasteiger partial charge is 0.288 e. The van der Waals surface area contributed by atoms with E-state index in [4.69, 9.17) is 25.5 Å². The Morgan fingerprint density at radius 1 is 1.38 bits per heavy atom. The van der Waals surface area contributed by atoms with Crippen LogP contribution in [0.15, 0.2) is 45.9 Å². The van der Waals surface area contributed by atoms with Crippen LogP contribution in [-0.4, -0.2) is 35.7 Å². The van der Waals surface area contributed by atoms with Gasteiger partial charge in [0.1, 0.15) is 28.2 Å². The molecule has 1 N–H and O–H groups in total. The Hall–Kier alpha value is -4.27. The molecule has 1 amide bonds. The highest BCUT2D eigenvalue weighted by Gasteiger charge is 2.16. The van der Waals surface area contributed by atoms with Crippen LogP contribution >= 0.6 is 11.6 Å². The van der Waals surface area contributed by atoms with Gasteiger partial charge < -0.3 is 13.9 Å². The van der Waals surface area contributed by atoms with Gasteiger partial charge in [-0.15, -0.1) is 0 Å². The minimum absolute atomic E-state index is 0.0182. The number of nitro groups is 1. The highest BCUT2D eigenvalue weighted by Crippen LogP contribution is 2.31.